The third-order valence-corrected chi connectivity index (χ3v) is 7.93. The van der Waals surface area contributed by atoms with Gasteiger partial charge in [0.25, 0.3) is 0 Å². The van der Waals surface area contributed by atoms with Gasteiger partial charge >= 0.3 is 5.97 Å². The minimum atomic E-state index is -0.678. The van der Waals surface area contributed by atoms with Gasteiger partial charge in [0.2, 0.25) is 5.91 Å². The van der Waals surface area contributed by atoms with Crippen LogP contribution in [0.2, 0.25) is 0 Å². The summed E-state index contributed by atoms with van der Waals surface area (Å²) in [7, 11) is 0. The standard InChI is InChI=1S/C31H43FN8O4/c1-20(36-27-26-28(34-18-33-27)40(19-35-26)25-9-5-6-14-43-25)29(41)38-23-11-10-21(32)16-24(23)37-22-8-7-12-39(17-22)13-15-44-30(42)31(2,3)4/h10-11,16,18-20,22,25,37H,5-9,12-15,17H2,1-4H3,(H,38,41)(H,33,34,36). The Labute approximate surface area is 257 Å². The van der Waals surface area contributed by atoms with Gasteiger partial charge in [-0.2, -0.15) is 0 Å². The highest BCUT2D eigenvalue weighted by atomic mass is 19.1. The van der Waals surface area contributed by atoms with Gasteiger partial charge in [0, 0.05) is 25.7 Å². The maximum absolute atomic E-state index is 14.3. The Morgan fingerprint density at radius 1 is 1.14 bits per heavy atom. The van der Waals surface area contributed by atoms with Crippen molar-refractivity contribution in [3.8, 4) is 0 Å². The minimum Gasteiger partial charge on any atom is -0.464 e. The van der Waals surface area contributed by atoms with Crippen LogP contribution in [0.25, 0.3) is 11.2 Å². The summed E-state index contributed by atoms with van der Waals surface area (Å²) in [6, 6.07) is 3.63. The number of hydrogen-bond donors (Lipinski definition) is 3. The molecular weight excluding hydrogens is 567 g/mol. The fourth-order valence-corrected chi connectivity index (χ4v) is 5.45. The summed E-state index contributed by atoms with van der Waals surface area (Å²) in [6.45, 7) is 10.5. The third-order valence-electron chi connectivity index (χ3n) is 7.93. The van der Waals surface area contributed by atoms with Crippen LogP contribution in [0.5, 0.6) is 0 Å². The maximum atomic E-state index is 14.3. The minimum absolute atomic E-state index is 0.0348. The Hall–Kier alpha value is -3.84. The Morgan fingerprint density at radius 2 is 1.98 bits per heavy atom. The van der Waals surface area contributed by atoms with Crippen LogP contribution < -0.4 is 16.0 Å². The number of imidazole rings is 1. The molecule has 2 fully saturated rings. The SMILES string of the molecule is CC(Nc1ncnc2c1ncn2C1CCCCO1)C(=O)Nc1ccc(F)cc1NC1CCCN(CCOC(=O)C(C)(C)C)C1. The van der Waals surface area contributed by atoms with Crippen LogP contribution in [-0.2, 0) is 19.1 Å². The summed E-state index contributed by atoms with van der Waals surface area (Å²) in [4.78, 5) is 40.9. The van der Waals surface area contributed by atoms with Crippen molar-refractivity contribution in [3.63, 3.8) is 0 Å². The molecule has 44 heavy (non-hydrogen) atoms. The van der Waals surface area contributed by atoms with E-state index in [9.17, 15) is 14.0 Å². The first-order valence-corrected chi connectivity index (χ1v) is 15.4. The lowest BCUT2D eigenvalue weighted by Crippen LogP contribution is -2.44. The van der Waals surface area contributed by atoms with E-state index in [0.717, 1.165) is 38.6 Å². The first kappa shape index (κ1) is 31.6. The van der Waals surface area contributed by atoms with Gasteiger partial charge in [0.15, 0.2) is 17.0 Å². The summed E-state index contributed by atoms with van der Waals surface area (Å²) >= 11 is 0. The molecule has 12 nitrogen and oxygen atoms in total. The monoisotopic (exact) mass is 610 g/mol. The largest absolute Gasteiger partial charge is 0.464 e. The molecule has 0 bridgehead atoms. The molecule has 3 N–H and O–H groups in total. The number of carbonyl (C=O) groups excluding carboxylic acids is 2. The number of nitrogens with zero attached hydrogens (tertiary/aromatic N) is 5. The van der Waals surface area contributed by atoms with Crippen LogP contribution in [0.1, 0.15) is 66.0 Å². The van der Waals surface area contributed by atoms with Gasteiger partial charge in [0.1, 0.15) is 31.0 Å². The zero-order valence-electron chi connectivity index (χ0n) is 25.9. The van der Waals surface area contributed by atoms with Gasteiger partial charge < -0.3 is 25.4 Å². The van der Waals surface area contributed by atoms with Crippen LogP contribution >= 0.6 is 0 Å². The number of halogens is 1. The van der Waals surface area contributed by atoms with Crippen molar-refractivity contribution in [3.05, 3.63) is 36.7 Å². The second kappa shape index (κ2) is 13.9. The second-order valence-electron chi connectivity index (χ2n) is 12.6. The highest BCUT2D eigenvalue weighted by Gasteiger charge is 2.26. The van der Waals surface area contributed by atoms with Crippen LogP contribution in [0.3, 0.4) is 0 Å². The molecule has 13 heteroatoms. The summed E-state index contributed by atoms with van der Waals surface area (Å²) in [5.74, 6) is -0.493. The van der Waals surface area contributed by atoms with Crippen molar-refractivity contribution in [2.24, 2.45) is 5.41 Å². The van der Waals surface area contributed by atoms with Gasteiger partial charge in [-0.1, -0.05) is 0 Å². The van der Waals surface area contributed by atoms with Crippen LogP contribution in [0.15, 0.2) is 30.9 Å². The molecule has 0 radical (unpaired) electrons. The van der Waals surface area contributed by atoms with Crippen LogP contribution in [0.4, 0.5) is 21.6 Å². The molecule has 1 aromatic carbocycles. The lowest BCUT2D eigenvalue weighted by atomic mass is 9.97. The van der Waals surface area contributed by atoms with E-state index >= 15 is 0 Å². The molecule has 5 rings (SSSR count). The molecule has 3 atom stereocenters. The zero-order valence-corrected chi connectivity index (χ0v) is 25.9. The van der Waals surface area contributed by atoms with Gasteiger partial charge in [0.05, 0.1) is 23.1 Å². The number of rotatable bonds is 10. The fraction of sp³-hybridized carbons (Fsp3) is 0.581. The molecular formula is C31H43FN8O4. The van der Waals surface area contributed by atoms with Crippen molar-refractivity contribution < 1.29 is 23.5 Å². The number of nitrogens with one attached hydrogen (secondary N) is 3. The van der Waals surface area contributed by atoms with Crippen LogP contribution in [0, 0.1) is 11.2 Å². The number of hydrogen-bond acceptors (Lipinski definition) is 10. The van der Waals surface area contributed by atoms with Gasteiger partial charge in [-0.05, 0) is 84.5 Å². The molecule has 0 aliphatic carbocycles. The van der Waals surface area contributed by atoms with Crippen molar-refractivity contribution >= 4 is 40.2 Å². The number of piperidine rings is 1. The molecule has 2 aliphatic rings. The Morgan fingerprint density at radius 3 is 2.75 bits per heavy atom. The Bertz CT molecular complexity index is 1450. The number of ether oxygens (including phenoxy) is 2. The molecule has 4 heterocycles. The summed E-state index contributed by atoms with van der Waals surface area (Å²) in [5, 5.41) is 9.52. The Balaban J connectivity index is 1.20. The number of likely N-dealkylation sites (tertiary alicyclic amines) is 1. The van der Waals surface area contributed by atoms with Crippen molar-refractivity contribution in [1.82, 2.24) is 24.4 Å². The highest BCUT2D eigenvalue weighted by Crippen LogP contribution is 2.29. The number of amides is 1. The molecule has 1 amide bonds. The number of aromatic nitrogens is 4. The van der Waals surface area contributed by atoms with Crippen molar-refractivity contribution in [2.45, 2.75) is 78.1 Å². The van der Waals surface area contributed by atoms with Crippen molar-refractivity contribution in [2.75, 3.05) is 48.8 Å². The Kier molecular flexibility index (Phi) is 9.94. The summed E-state index contributed by atoms with van der Waals surface area (Å²) in [5.41, 5.74) is 1.65. The molecule has 2 aromatic heterocycles. The third kappa shape index (κ3) is 7.81. The predicted molar refractivity (Wildman–Crippen MR) is 166 cm³/mol. The first-order chi connectivity index (χ1) is 21.1. The first-order valence-electron chi connectivity index (χ1n) is 15.4. The average Bonchev–Trinajstić information content (AvgIpc) is 3.44. The molecule has 0 spiro atoms. The smallest absolute Gasteiger partial charge is 0.311 e. The summed E-state index contributed by atoms with van der Waals surface area (Å²) < 4.78 is 27.6. The fourth-order valence-electron chi connectivity index (χ4n) is 5.45. The molecule has 0 saturated carbocycles. The molecule has 3 unspecified atom stereocenters. The number of fused-ring (bicyclic) bond motifs is 1. The lowest BCUT2D eigenvalue weighted by Gasteiger charge is -2.34. The van der Waals surface area contributed by atoms with Gasteiger partial charge in [-0.25, -0.2) is 19.3 Å². The topological polar surface area (TPSA) is 136 Å². The predicted octanol–water partition coefficient (Wildman–Crippen LogP) is 4.57. The van der Waals surface area contributed by atoms with E-state index in [2.05, 4.69) is 35.8 Å². The van der Waals surface area contributed by atoms with E-state index in [0.29, 0.717) is 54.7 Å². The molecule has 238 valence electrons. The number of anilines is 3. The maximum Gasteiger partial charge on any atom is 0.311 e. The van der Waals surface area contributed by atoms with Gasteiger partial charge in [-0.3, -0.25) is 19.1 Å². The average molecular weight is 611 g/mol. The molecule has 3 aromatic rings. The van der Waals surface area contributed by atoms with Crippen LogP contribution in [-0.4, -0.2) is 81.2 Å². The molecule has 2 aliphatic heterocycles. The lowest BCUT2D eigenvalue weighted by molar-refractivity contribution is -0.153. The zero-order chi connectivity index (χ0) is 31.3. The number of esters is 1. The molecule has 2 saturated heterocycles. The quantitative estimate of drug-likeness (QED) is 0.280. The van der Waals surface area contributed by atoms with E-state index in [1.165, 1.54) is 18.5 Å². The van der Waals surface area contributed by atoms with Crippen molar-refractivity contribution in [1.29, 1.82) is 0 Å². The highest BCUT2D eigenvalue weighted by molar-refractivity contribution is 5.99. The van der Waals surface area contributed by atoms with E-state index in [1.54, 1.807) is 19.3 Å². The number of benzene rings is 1. The van der Waals surface area contributed by atoms with E-state index < -0.39 is 17.3 Å². The second-order valence-corrected chi connectivity index (χ2v) is 12.6. The summed E-state index contributed by atoms with van der Waals surface area (Å²) in [6.07, 6.45) is 7.86. The normalized spacial score (nSPS) is 20.2. The van der Waals surface area contributed by atoms with Gasteiger partial charge in [-0.15, -0.1) is 0 Å². The van der Waals surface area contributed by atoms with E-state index in [1.807, 2.05) is 25.3 Å². The van der Waals surface area contributed by atoms with E-state index in [-0.39, 0.29) is 24.1 Å². The number of carbonyl (C=O) groups is 2. The van der Waals surface area contributed by atoms with E-state index in [4.69, 9.17) is 9.47 Å².